The van der Waals surface area contributed by atoms with Gasteiger partial charge in [-0.1, -0.05) is 23.7 Å². The monoisotopic (exact) mass is 362 g/mol. The van der Waals surface area contributed by atoms with Crippen molar-refractivity contribution >= 4 is 29.1 Å². The van der Waals surface area contributed by atoms with Gasteiger partial charge in [0.2, 0.25) is 5.95 Å². The van der Waals surface area contributed by atoms with E-state index in [1.807, 2.05) is 0 Å². The highest BCUT2D eigenvalue weighted by atomic mass is 35.5. The zero-order chi connectivity index (χ0) is 17.8. The smallest absolute Gasteiger partial charge is 0.229 e. The molecule has 0 fully saturated rings. The van der Waals surface area contributed by atoms with Crippen LogP contribution in [-0.2, 0) is 7.05 Å². The molecule has 1 atom stereocenters. The Morgan fingerprint density at radius 1 is 1.28 bits per heavy atom. The highest BCUT2D eigenvalue weighted by Crippen LogP contribution is 2.25. The van der Waals surface area contributed by atoms with Gasteiger partial charge in [-0.05, 0) is 17.7 Å². The Labute approximate surface area is 148 Å². The summed E-state index contributed by atoms with van der Waals surface area (Å²) >= 11 is 6.14. The summed E-state index contributed by atoms with van der Waals surface area (Å²) in [6.07, 6.45) is 4.87. The second kappa shape index (κ2) is 7.45. The standard InChI is InChI=1S/C16H16ClFN6O/c1-24-8-12(6-20-24)21-16-19-7-13(17)15(23-16)22-14(9-25)10-2-4-11(18)5-3-10/h2-8,14,25H,9H2,1H3,(H2,19,21,22,23). The second-order valence-electron chi connectivity index (χ2n) is 5.35. The molecule has 3 aromatic rings. The number of aryl methyl sites for hydroxylation is 1. The molecule has 0 aliphatic rings. The molecule has 9 heteroatoms. The number of halogens is 2. The van der Waals surface area contributed by atoms with Gasteiger partial charge in [-0.3, -0.25) is 4.68 Å². The molecule has 1 aromatic carbocycles. The van der Waals surface area contributed by atoms with E-state index in [1.165, 1.54) is 18.3 Å². The zero-order valence-electron chi connectivity index (χ0n) is 13.3. The molecule has 25 heavy (non-hydrogen) atoms. The van der Waals surface area contributed by atoms with Gasteiger partial charge >= 0.3 is 0 Å². The summed E-state index contributed by atoms with van der Waals surface area (Å²) in [4.78, 5) is 8.44. The molecule has 0 bridgehead atoms. The lowest BCUT2D eigenvalue weighted by atomic mass is 10.1. The first-order chi connectivity index (χ1) is 12.0. The first kappa shape index (κ1) is 17.1. The van der Waals surface area contributed by atoms with Crippen LogP contribution in [-0.4, -0.2) is 31.5 Å². The zero-order valence-corrected chi connectivity index (χ0v) is 14.1. The Kier molecular flexibility index (Phi) is 5.11. The lowest BCUT2D eigenvalue weighted by molar-refractivity contribution is 0.276. The van der Waals surface area contributed by atoms with Gasteiger partial charge in [0.25, 0.3) is 0 Å². The van der Waals surface area contributed by atoms with Gasteiger partial charge in [0.05, 0.1) is 30.7 Å². The molecule has 0 aliphatic carbocycles. The maximum atomic E-state index is 13.1. The summed E-state index contributed by atoms with van der Waals surface area (Å²) in [5.74, 6) is 0.339. The first-order valence-electron chi connectivity index (χ1n) is 7.46. The van der Waals surface area contributed by atoms with Crippen LogP contribution in [0.15, 0.2) is 42.9 Å². The number of benzene rings is 1. The van der Waals surface area contributed by atoms with Crippen LogP contribution in [0.2, 0.25) is 5.02 Å². The van der Waals surface area contributed by atoms with E-state index in [0.717, 1.165) is 5.69 Å². The number of aromatic nitrogens is 4. The number of aliphatic hydroxyl groups excluding tert-OH is 1. The molecule has 7 nitrogen and oxygen atoms in total. The minimum Gasteiger partial charge on any atom is -0.394 e. The summed E-state index contributed by atoms with van der Waals surface area (Å²) in [5, 5.41) is 20.1. The molecule has 0 amide bonds. The Balaban J connectivity index is 1.80. The van der Waals surface area contributed by atoms with Crippen molar-refractivity contribution in [3.63, 3.8) is 0 Å². The van der Waals surface area contributed by atoms with Crippen LogP contribution >= 0.6 is 11.6 Å². The van der Waals surface area contributed by atoms with E-state index in [-0.39, 0.29) is 12.4 Å². The van der Waals surface area contributed by atoms with Crippen molar-refractivity contribution < 1.29 is 9.50 Å². The van der Waals surface area contributed by atoms with Crippen LogP contribution in [0.5, 0.6) is 0 Å². The molecule has 0 spiro atoms. The van der Waals surface area contributed by atoms with Crippen molar-refractivity contribution in [1.29, 1.82) is 0 Å². The van der Waals surface area contributed by atoms with E-state index in [1.54, 1.807) is 36.3 Å². The summed E-state index contributed by atoms with van der Waals surface area (Å²) in [6.45, 7) is -0.211. The molecule has 3 N–H and O–H groups in total. The van der Waals surface area contributed by atoms with E-state index >= 15 is 0 Å². The third-order valence-electron chi connectivity index (χ3n) is 3.47. The number of nitrogens with one attached hydrogen (secondary N) is 2. The minimum atomic E-state index is -0.487. The average molecular weight is 363 g/mol. The first-order valence-corrected chi connectivity index (χ1v) is 7.84. The number of hydrogen-bond acceptors (Lipinski definition) is 6. The van der Waals surface area contributed by atoms with E-state index in [9.17, 15) is 9.50 Å². The quantitative estimate of drug-likeness (QED) is 0.625. The summed E-state index contributed by atoms with van der Waals surface area (Å²) in [5.41, 5.74) is 1.44. The fourth-order valence-corrected chi connectivity index (χ4v) is 2.38. The van der Waals surface area contributed by atoms with Gasteiger partial charge in [0, 0.05) is 13.2 Å². The SMILES string of the molecule is Cn1cc(Nc2ncc(Cl)c(NC(CO)c3ccc(F)cc3)n2)cn1. The van der Waals surface area contributed by atoms with Crippen molar-refractivity contribution in [1.82, 2.24) is 19.7 Å². The largest absolute Gasteiger partial charge is 0.394 e. The van der Waals surface area contributed by atoms with Gasteiger partial charge < -0.3 is 15.7 Å². The van der Waals surface area contributed by atoms with Crippen LogP contribution in [0.4, 0.5) is 21.8 Å². The molecule has 130 valence electrons. The molecule has 0 saturated heterocycles. The van der Waals surface area contributed by atoms with Crippen molar-refractivity contribution in [2.45, 2.75) is 6.04 Å². The van der Waals surface area contributed by atoms with Crippen molar-refractivity contribution in [2.75, 3.05) is 17.2 Å². The summed E-state index contributed by atoms with van der Waals surface area (Å²) in [7, 11) is 1.80. The minimum absolute atomic E-state index is 0.211. The highest BCUT2D eigenvalue weighted by molar-refractivity contribution is 6.32. The average Bonchev–Trinajstić information content (AvgIpc) is 3.01. The van der Waals surface area contributed by atoms with Crippen LogP contribution in [0.25, 0.3) is 0 Å². The van der Waals surface area contributed by atoms with E-state index in [2.05, 4.69) is 25.7 Å². The maximum Gasteiger partial charge on any atom is 0.229 e. The number of rotatable bonds is 6. The fraction of sp³-hybridized carbons (Fsp3) is 0.188. The number of aliphatic hydroxyl groups is 1. The topological polar surface area (TPSA) is 87.9 Å². The normalized spacial score (nSPS) is 12.0. The molecule has 1 unspecified atom stereocenters. The molecule has 0 saturated carbocycles. The Morgan fingerprint density at radius 2 is 2.04 bits per heavy atom. The van der Waals surface area contributed by atoms with Gasteiger partial charge in [-0.15, -0.1) is 0 Å². The van der Waals surface area contributed by atoms with Crippen LogP contribution in [0.3, 0.4) is 0 Å². The lowest BCUT2D eigenvalue weighted by Gasteiger charge is -2.18. The van der Waals surface area contributed by atoms with Crippen LogP contribution in [0, 0.1) is 5.82 Å². The van der Waals surface area contributed by atoms with E-state index in [4.69, 9.17) is 11.6 Å². The molecule has 2 heterocycles. The fourth-order valence-electron chi connectivity index (χ4n) is 2.24. The predicted molar refractivity (Wildman–Crippen MR) is 93.4 cm³/mol. The molecule has 3 rings (SSSR count). The molecular weight excluding hydrogens is 347 g/mol. The van der Waals surface area contributed by atoms with Gasteiger partial charge in [0.1, 0.15) is 10.8 Å². The predicted octanol–water partition coefficient (Wildman–Crippen LogP) is 2.89. The highest BCUT2D eigenvalue weighted by Gasteiger charge is 2.14. The van der Waals surface area contributed by atoms with Crippen molar-refractivity contribution in [2.24, 2.45) is 7.05 Å². The Hall–Kier alpha value is -2.71. The molecule has 0 aliphatic heterocycles. The molecule has 0 radical (unpaired) electrons. The summed E-state index contributed by atoms with van der Waals surface area (Å²) < 4.78 is 14.7. The second-order valence-corrected chi connectivity index (χ2v) is 5.76. The van der Waals surface area contributed by atoms with E-state index in [0.29, 0.717) is 22.4 Å². The van der Waals surface area contributed by atoms with Crippen LogP contribution in [0.1, 0.15) is 11.6 Å². The van der Waals surface area contributed by atoms with Crippen molar-refractivity contribution in [3.05, 3.63) is 59.3 Å². The third-order valence-corrected chi connectivity index (χ3v) is 3.75. The third kappa shape index (κ3) is 4.23. The number of anilines is 3. The maximum absolute atomic E-state index is 13.1. The molecule has 2 aromatic heterocycles. The Morgan fingerprint density at radius 3 is 2.68 bits per heavy atom. The molecular formula is C16H16ClFN6O. The van der Waals surface area contributed by atoms with Gasteiger partial charge in [0.15, 0.2) is 5.82 Å². The summed E-state index contributed by atoms with van der Waals surface area (Å²) in [6, 6.07) is 5.35. The Bertz CT molecular complexity index is 854. The van der Waals surface area contributed by atoms with Crippen molar-refractivity contribution in [3.8, 4) is 0 Å². The number of nitrogens with zero attached hydrogens (tertiary/aromatic N) is 4. The van der Waals surface area contributed by atoms with Gasteiger partial charge in [-0.25, -0.2) is 9.37 Å². The van der Waals surface area contributed by atoms with Gasteiger partial charge in [-0.2, -0.15) is 10.1 Å². The number of hydrogen-bond donors (Lipinski definition) is 3. The van der Waals surface area contributed by atoms with E-state index < -0.39 is 6.04 Å². The van der Waals surface area contributed by atoms with Crippen LogP contribution < -0.4 is 10.6 Å². The lowest BCUT2D eigenvalue weighted by Crippen LogP contribution is -2.16.